The lowest BCUT2D eigenvalue weighted by Gasteiger charge is -2.13. The number of aromatic nitrogens is 2. The third kappa shape index (κ3) is 2.72. The molecule has 0 bridgehead atoms. The van der Waals surface area contributed by atoms with Crippen LogP contribution in [0.3, 0.4) is 0 Å². The zero-order valence-corrected chi connectivity index (χ0v) is 11.6. The molecule has 0 spiro atoms. The van der Waals surface area contributed by atoms with Gasteiger partial charge in [-0.1, -0.05) is 30.0 Å². The van der Waals surface area contributed by atoms with Crippen LogP contribution in [0.1, 0.15) is 24.5 Å². The molecule has 1 aliphatic rings. The van der Waals surface area contributed by atoms with E-state index in [0.717, 1.165) is 21.5 Å². The summed E-state index contributed by atoms with van der Waals surface area (Å²) in [5.41, 5.74) is 0. The van der Waals surface area contributed by atoms with Gasteiger partial charge in [0.05, 0.1) is 6.20 Å². The molecule has 1 atom stereocenters. The summed E-state index contributed by atoms with van der Waals surface area (Å²) in [5.74, 6) is 0.987. The molecule has 1 aromatic rings. The van der Waals surface area contributed by atoms with Crippen molar-refractivity contribution in [3.05, 3.63) is 27.1 Å². The molecular formula is C9H13N5O2S2. The fourth-order valence-electron chi connectivity index (χ4n) is 1.46. The van der Waals surface area contributed by atoms with Gasteiger partial charge in [0.25, 0.3) is 0 Å². The van der Waals surface area contributed by atoms with Gasteiger partial charge in [0.15, 0.2) is 9.35 Å². The molecule has 98 valence electrons. The molecule has 1 aliphatic heterocycles. The van der Waals surface area contributed by atoms with Gasteiger partial charge in [-0.15, -0.1) is 10.2 Å². The van der Waals surface area contributed by atoms with E-state index in [-0.39, 0.29) is 12.0 Å². The van der Waals surface area contributed by atoms with Crippen LogP contribution in [-0.4, -0.2) is 32.8 Å². The van der Waals surface area contributed by atoms with Crippen LogP contribution in [0.25, 0.3) is 0 Å². The first-order chi connectivity index (χ1) is 8.61. The van der Waals surface area contributed by atoms with Gasteiger partial charge >= 0.3 is 5.82 Å². The molecule has 0 radical (unpaired) electrons. The zero-order valence-electron chi connectivity index (χ0n) is 9.99. The standard InChI is InChI=1S/C9H13N5O2S2/c1-3-4-17-9-12-11-8(18-9)7-10-6(14(15)16)5-13(7)2/h5,7,10H,3-4H2,1-2H3. The fraction of sp³-hybridized carbons (Fsp3) is 0.556. The van der Waals surface area contributed by atoms with E-state index in [2.05, 4.69) is 22.4 Å². The van der Waals surface area contributed by atoms with Crippen LogP contribution in [0, 0.1) is 10.1 Å². The second kappa shape index (κ2) is 5.53. The normalized spacial score (nSPS) is 18.7. The Morgan fingerprint density at radius 2 is 2.44 bits per heavy atom. The summed E-state index contributed by atoms with van der Waals surface area (Å²) in [6.07, 6.45) is 2.25. The Hall–Kier alpha value is -1.35. The van der Waals surface area contributed by atoms with Crippen molar-refractivity contribution in [2.75, 3.05) is 12.8 Å². The molecule has 2 heterocycles. The van der Waals surface area contributed by atoms with Gasteiger partial charge < -0.3 is 15.0 Å². The van der Waals surface area contributed by atoms with Gasteiger partial charge in [0, 0.05) is 12.8 Å². The predicted molar refractivity (Wildman–Crippen MR) is 69.6 cm³/mol. The van der Waals surface area contributed by atoms with E-state index in [1.807, 2.05) is 0 Å². The summed E-state index contributed by atoms with van der Waals surface area (Å²) in [6, 6.07) is 0. The summed E-state index contributed by atoms with van der Waals surface area (Å²) >= 11 is 3.12. The Morgan fingerprint density at radius 3 is 3.06 bits per heavy atom. The topological polar surface area (TPSA) is 84.2 Å². The average molecular weight is 287 g/mol. The molecule has 1 N–H and O–H groups in total. The molecular weight excluding hydrogens is 274 g/mol. The minimum absolute atomic E-state index is 0.0135. The largest absolute Gasteiger partial charge is 0.358 e. The first-order valence-corrected chi connectivity index (χ1v) is 7.23. The molecule has 18 heavy (non-hydrogen) atoms. The van der Waals surface area contributed by atoms with E-state index < -0.39 is 4.92 Å². The lowest BCUT2D eigenvalue weighted by molar-refractivity contribution is -0.431. The van der Waals surface area contributed by atoms with Gasteiger partial charge in [-0.3, -0.25) is 0 Å². The van der Waals surface area contributed by atoms with Crippen molar-refractivity contribution < 1.29 is 4.92 Å². The van der Waals surface area contributed by atoms with Crippen molar-refractivity contribution in [1.82, 2.24) is 20.4 Å². The number of nitrogens with zero attached hydrogens (tertiary/aromatic N) is 4. The van der Waals surface area contributed by atoms with Crippen LogP contribution >= 0.6 is 23.1 Å². The number of hydrogen-bond donors (Lipinski definition) is 1. The highest BCUT2D eigenvalue weighted by atomic mass is 32.2. The van der Waals surface area contributed by atoms with Crippen molar-refractivity contribution in [3.63, 3.8) is 0 Å². The van der Waals surface area contributed by atoms with E-state index >= 15 is 0 Å². The van der Waals surface area contributed by atoms with Crippen LogP contribution in [0.5, 0.6) is 0 Å². The van der Waals surface area contributed by atoms with Crippen LogP contribution in [-0.2, 0) is 0 Å². The van der Waals surface area contributed by atoms with Crippen molar-refractivity contribution in [2.24, 2.45) is 0 Å². The van der Waals surface area contributed by atoms with Crippen molar-refractivity contribution in [2.45, 2.75) is 23.8 Å². The summed E-state index contributed by atoms with van der Waals surface area (Å²) in [5, 5.41) is 22.4. The first kappa shape index (κ1) is 13.1. The predicted octanol–water partition coefficient (Wildman–Crippen LogP) is 1.65. The van der Waals surface area contributed by atoms with Gasteiger partial charge in [-0.05, 0) is 11.3 Å². The minimum Gasteiger partial charge on any atom is -0.358 e. The zero-order chi connectivity index (χ0) is 13.1. The van der Waals surface area contributed by atoms with Crippen molar-refractivity contribution in [3.8, 4) is 0 Å². The molecule has 7 nitrogen and oxygen atoms in total. The van der Waals surface area contributed by atoms with E-state index in [1.54, 1.807) is 23.7 Å². The van der Waals surface area contributed by atoms with Crippen molar-refractivity contribution >= 4 is 23.1 Å². The molecule has 1 unspecified atom stereocenters. The first-order valence-electron chi connectivity index (χ1n) is 5.42. The number of nitrogens with one attached hydrogen (secondary N) is 1. The van der Waals surface area contributed by atoms with Crippen LogP contribution < -0.4 is 5.32 Å². The van der Waals surface area contributed by atoms with E-state index in [9.17, 15) is 10.1 Å². The number of rotatable bonds is 5. The molecule has 0 aliphatic carbocycles. The van der Waals surface area contributed by atoms with Gasteiger partial charge in [-0.2, -0.15) is 0 Å². The van der Waals surface area contributed by atoms with Crippen LogP contribution in [0.2, 0.25) is 0 Å². The van der Waals surface area contributed by atoms with E-state index in [1.165, 1.54) is 17.5 Å². The van der Waals surface area contributed by atoms with Crippen LogP contribution in [0.15, 0.2) is 16.4 Å². The van der Waals surface area contributed by atoms with Crippen molar-refractivity contribution in [1.29, 1.82) is 0 Å². The summed E-state index contributed by atoms with van der Waals surface area (Å²) in [6.45, 7) is 2.11. The molecule has 0 fully saturated rings. The van der Waals surface area contributed by atoms with Gasteiger partial charge in [0.1, 0.15) is 0 Å². The van der Waals surface area contributed by atoms with E-state index in [4.69, 9.17) is 0 Å². The third-order valence-electron chi connectivity index (χ3n) is 2.30. The average Bonchev–Trinajstić information content (AvgIpc) is 2.92. The van der Waals surface area contributed by atoms with Crippen LogP contribution in [0.4, 0.5) is 0 Å². The number of thioether (sulfide) groups is 1. The lowest BCUT2D eigenvalue weighted by atomic mass is 10.5. The monoisotopic (exact) mass is 287 g/mol. The summed E-state index contributed by atoms with van der Waals surface area (Å²) < 4.78 is 0.900. The highest BCUT2D eigenvalue weighted by Crippen LogP contribution is 2.30. The smallest absolute Gasteiger partial charge is 0.334 e. The molecule has 0 aromatic carbocycles. The number of hydrogen-bond acceptors (Lipinski definition) is 8. The van der Waals surface area contributed by atoms with Gasteiger partial charge in [0.2, 0.25) is 6.17 Å². The molecule has 9 heteroatoms. The second-order valence-electron chi connectivity index (χ2n) is 3.74. The molecule has 0 saturated carbocycles. The Balaban J connectivity index is 2.05. The fourth-order valence-corrected chi connectivity index (χ4v) is 3.36. The highest BCUT2D eigenvalue weighted by molar-refractivity contribution is 8.01. The van der Waals surface area contributed by atoms with Gasteiger partial charge in [-0.25, -0.2) is 5.32 Å². The molecule has 1 aromatic heterocycles. The van der Waals surface area contributed by atoms with E-state index in [0.29, 0.717) is 0 Å². The Morgan fingerprint density at radius 1 is 1.67 bits per heavy atom. The third-order valence-corrected chi connectivity index (χ3v) is 4.61. The minimum atomic E-state index is -0.440. The summed E-state index contributed by atoms with van der Waals surface area (Å²) in [4.78, 5) is 12.0. The summed E-state index contributed by atoms with van der Waals surface area (Å²) in [7, 11) is 1.77. The maximum absolute atomic E-state index is 10.7. The number of nitro groups is 1. The quantitative estimate of drug-likeness (QED) is 0.500. The SMILES string of the molecule is CCCSc1nnc(C2NC([N+](=O)[O-])=CN2C)s1. The molecule has 0 amide bonds. The Bertz CT molecular complexity index is 475. The Kier molecular flexibility index (Phi) is 4.02. The highest BCUT2D eigenvalue weighted by Gasteiger charge is 2.33. The molecule has 0 saturated heterocycles. The maximum Gasteiger partial charge on any atom is 0.334 e. The molecule has 2 rings (SSSR count). The lowest BCUT2D eigenvalue weighted by Crippen LogP contribution is -2.26. The maximum atomic E-state index is 10.7. The Labute approximate surface area is 112 Å². The second-order valence-corrected chi connectivity index (χ2v) is 6.09.